The third-order valence-corrected chi connectivity index (χ3v) is 4.15. The van der Waals surface area contributed by atoms with Crippen molar-refractivity contribution >= 4 is 22.6 Å². The molecule has 0 amide bonds. The zero-order chi connectivity index (χ0) is 16.4. The van der Waals surface area contributed by atoms with Crippen LogP contribution in [-0.2, 0) is 13.1 Å². The van der Waals surface area contributed by atoms with Gasteiger partial charge in [-0.1, -0.05) is 41.9 Å². The van der Waals surface area contributed by atoms with E-state index in [0.29, 0.717) is 23.7 Å². The van der Waals surface area contributed by atoms with Gasteiger partial charge in [0.05, 0.1) is 23.7 Å². The predicted octanol–water partition coefficient (Wildman–Crippen LogP) is 3.50. The minimum atomic E-state index is -0.704. The van der Waals surface area contributed by atoms with Crippen LogP contribution in [0.1, 0.15) is 11.7 Å². The van der Waals surface area contributed by atoms with Gasteiger partial charge in [-0.3, -0.25) is 5.41 Å². The van der Waals surface area contributed by atoms with Gasteiger partial charge in [0.25, 0.3) is 0 Å². The van der Waals surface area contributed by atoms with Gasteiger partial charge in [0, 0.05) is 11.6 Å². The van der Waals surface area contributed by atoms with Gasteiger partial charge < -0.3 is 14.2 Å². The summed E-state index contributed by atoms with van der Waals surface area (Å²) in [6.07, 6.45) is 1.06. The molecule has 1 aromatic heterocycles. The van der Waals surface area contributed by atoms with Crippen LogP contribution in [0.4, 0.5) is 0 Å². The average molecular weight is 328 g/mol. The molecule has 0 saturated carbocycles. The molecule has 0 aliphatic heterocycles. The molecule has 0 spiro atoms. The van der Waals surface area contributed by atoms with Crippen LogP contribution in [0.25, 0.3) is 11.0 Å². The van der Waals surface area contributed by atoms with Crippen LogP contribution in [0.15, 0.2) is 61.2 Å². The first-order chi connectivity index (χ1) is 11.1. The molecule has 3 aromatic rings. The molecular weight excluding hydrogens is 310 g/mol. The lowest BCUT2D eigenvalue weighted by molar-refractivity contribution is 0.156. The number of benzene rings is 2. The lowest BCUT2D eigenvalue weighted by atomic mass is 10.1. The Morgan fingerprint density at radius 2 is 1.70 bits per heavy atom. The summed E-state index contributed by atoms with van der Waals surface area (Å²) in [7, 11) is 0. The number of para-hydroxylation sites is 2. The molecule has 2 aromatic carbocycles. The van der Waals surface area contributed by atoms with Crippen molar-refractivity contribution < 1.29 is 5.11 Å². The Hall–Kier alpha value is -2.30. The van der Waals surface area contributed by atoms with E-state index in [4.69, 9.17) is 17.0 Å². The molecule has 0 aliphatic carbocycles. The van der Waals surface area contributed by atoms with Gasteiger partial charge in [-0.2, -0.15) is 0 Å². The maximum absolute atomic E-state index is 10.5. The number of hydrogen-bond acceptors (Lipinski definition) is 2. The van der Waals surface area contributed by atoms with E-state index in [1.54, 1.807) is 30.3 Å². The van der Waals surface area contributed by atoms with Crippen molar-refractivity contribution in [3.05, 3.63) is 77.4 Å². The largest absolute Gasteiger partial charge is 0.387 e. The summed E-state index contributed by atoms with van der Waals surface area (Å²) in [6.45, 7) is 4.62. The van der Waals surface area contributed by atoms with Crippen LogP contribution in [0.2, 0.25) is 5.02 Å². The highest BCUT2D eigenvalue weighted by Gasteiger charge is 2.14. The number of halogens is 1. The molecule has 4 nitrogen and oxygen atoms in total. The number of nitrogens with one attached hydrogen (secondary N) is 1. The first kappa shape index (κ1) is 15.6. The Kier molecular flexibility index (Phi) is 4.37. The molecule has 0 radical (unpaired) electrons. The highest BCUT2D eigenvalue weighted by Crippen LogP contribution is 2.20. The lowest BCUT2D eigenvalue weighted by Gasteiger charge is -2.13. The van der Waals surface area contributed by atoms with Crippen molar-refractivity contribution in [2.45, 2.75) is 19.2 Å². The van der Waals surface area contributed by atoms with E-state index in [1.165, 1.54) is 0 Å². The van der Waals surface area contributed by atoms with Crippen molar-refractivity contribution in [2.24, 2.45) is 0 Å². The molecule has 5 heteroatoms. The standard InChI is InChI=1S/C18H18ClN3O/c1-2-11-21-15-5-3-4-6-16(15)22(18(21)20)12-17(23)13-7-9-14(19)10-8-13/h2-10,17,20,23H,1,11-12H2. The van der Waals surface area contributed by atoms with Gasteiger partial charge in [0.15, 0.2) is 0 Å². The normalized spacial score (nSPS) is 12.4. The molecule has 0 fully saturated rings. The maximum Gasteiger partial charge on any atom is 0.203 e. The zero-order valence-corrected chi connectivity index (χ0v) is 13.4. The molecule has 0 aliphatic rings. The zero-order valence-electron chi connectivity index (χ0n) is 12.6. The number of imidazole rings is 1. The van der Waals surface area contributed by atoms with E-state index in [0.717, 1.165) is 16.6 Å². The van der Waals surface area contributed by atoms with Crippen molar-refractivity contribution in [1.82, 2.24) is 9.13 Å². The summed E-state index contributed by atoms with van der Waals surface area (Å²) < 4.78 is 3.69. The summed E-state index contributed by atoms with van der Waals surface area (Å²) >= 11 is 5.89. The molecule has 1 unspecified atom stereocenters. The Morgan fingerprint density at radius 3 is 2.30 bits per heavy atom. The van der Waals surface area contributed by atoms with E-state index in [1.807, 2.05) is 33.4 Å². The molecular formula is C18H18ClN3O. The molecule has 118 valence electrons. The van der Waals surface area contributed by atoms with E-state index in [9.17, 15) is 5.11 Å². The minimum Gasteiger partial charge on any atom is -0.387 e. The van der Waals surface area contributed by atoms with Crippen LogP contribution in [0.5, 0.6) is 0 Å². The maximum atomic E-state index is 10.5. The number of aromatic nitrogens is 2. The summed E-state index contributed by atoms with van der Waals surface area (Å²) in [5, 5.41) is 19.6. The molecule has 1 heterocycles. The number of rotatable bonds is 5. The van der Waals surface area contributed by atoms with Crippen molar-refractivity contribution in [3.8, 4) is 0 Å². The molecule has 1 atom stereocenters. The summed E-state index contributed by atoms with van der Waals surface area (Å²) in [4.78, 5) is 0. The van der Waals surface area contributed by atoms with Crippen molar-refractivity contribution in [3.63, 3.8) is 0 Å². The van der Waals surface area contributed by atoms with Gasteiger partial charge in [-0.05, 0) is 29.8 Å². The number of allylic oxidation sites excluding steroid dienone is 1. The van der Waals surface area contributed by atoms with Crippen LogP contribution in [0, 0.1) is 5.41 Å². The van der Waals surface area contributed by atoms with Crippen LogP contribution >= 0.6 is 11.6 Å². The third kappa shape index (κ3) is 2.96. The molecule has 3 rings (SSSR count). The van der Waals surface area contributed by atoms with E-state index in [-0.39, 0.29) is 0 Å². The van der Waals surface area contributed by atoms with Crippen LogP contribution in [0.3, 0.4) is 0 Å². The monoisotopic (exact) mass is 327 g/mol. The predicted molar refractivity (Wildman–Crippen MR) is 92.4 cm³/mol. The van der Waals surface area contributed by atoms with E-state index < -0.39 is 6.10 Å². The van der Waals surface area contributed by atoms with Crippen LogP contribution < -0.4 is 5.62 Å². The number of nitrogens with zero attached hydrogens (tertiary/aromatic N) is 2. The fraction of sp³-hybridized carbons (Fsp3) is 0.167. The van der Waals surface area contributed by atoms with Gasteiger partial charge >= 0.3 is 0 Å². The van der Waals surface area contributed by atoms with Gasteiger partial charge in [0.1, 0.15) is 0 Å². The second-order valence-electron chi connectivity index (χ2n) is 5.39. The SMILES string of the molecule is C=CCn1c(=N)n(CC(O)c2ccc(Cl)cc2)c2ccccc21. The first-order valence-corrected chi connectivity index (χ1v) is 7.76. The van der Waals surface area contributed by atoms with Crippen molar-refractivity contribution in [1.29, 1.82) is 5.41 Å². The Morgan fingerprint density at radius 1 is 1.09 bits per heavy atom. The van der Waals surface area contributed by atoms with E-state index >= 15 is 0 Å². The summed E-state index contributed by atoms with van der Waals surface area (Å²) in [5.74, 6) is 0. The van der Waals surface area contributed by atoms with Gasteiger partial charge in [0.2, 0.25) is 5.62 Å². The minimum absolute atomic E-state index is 0.311. The second kappa shape index (κ2) is 6.44. The smallest absolute Gasteiger partial charge is 0.203 e. The summed E-state index contributed by atoms with van der Waals surface area (Å²) in [6, 6.07) is 14.9. The number of fused-ring (bicyclic) bond motifs is 1. The first-order valence-electron chi connectivity index (χ1n) is 7.39. The Balaban J connectivity index is 2.02. The van der Waals surface area contributed by atoms with Crippen molar-refractivity contribution in [2.75, 3.05) is 0 Å². The van der Waals surface area contributed by atoms with E-state index in [2.05, 4.69) is 6.58 Å². The third-order valence-electron chi connectivity index (χ3n) is 3.90. The Bertz CT molecular complexity index is 893. The topological polar surface area (TPSA) is 53.9 Å². The summed E-state index contributed by atoms with van der Waals surface area (Å²) in [5.41, 5.74) is 3.01. The average Bonchev–Trinajstić information content (AvgIpc) is 2.82. The Labute approximate surface area is 139 Å². The highest BCUT2D eigenvalue weighted by molar-refractivity contribution is 6.30. The highest BCUT2D eigenvalue weighted by atomic mass is 35.5. The van der Waals surface area contributed by atoms with Gasteiger partial charge in [-0.25, -0.2) is 0 Å². The molecule has 2 N–H and O–H groups in total. The quantitative estimate of drug-likeness (QED) is 0.692. The lowest BCUT2D eigenvalue weighted by Crippen LogP contribution is -2.26. The molecule has 23 heavy (non-hydrogen) atoms. The molecule has 0 bridgehead atoms. The number of hydrogen-bond donors (Lipinski definition) is 2. The second-order valence-corrected chi connectivity index (χ2v) is 5.83. The fourth-order valence-corrected chi connectivity index (χ4v) is 2.88. The molecule has 0 saturated heterocycles. The number of aliphatic hydroxyl groups is 1. The van der Waals surface area contributed by atoms with Crippen LogP contribution in [-0.4, -0.2) is 14.2 Å². The number of aliphatic hydroxyl groups excluding tert-OH is 1. The fourth-order valence-electron chi connectivity index (χ4n) is 2.76. The van der Waals surface area contributed by atoms with Gasteiger partial charge in [-0.15, -0.1) is 6.58 Å².